The molecule has 1 saturated heterocycles. The molecule has 1 unspecified atom stereocenters. The van der Waals surface area contributed by atoms with E-state index in [4.69, 9.17) is 5.26 Å². The molecule has 0 saturated carbocycles. The second kappa shape index (κ2) is 9.25. The van der Waals surface area contributed by atoms with Gasteiger partial charge in [0, 0.05) is 30.2 Å². The predicted molar refractivity (Wildman–Crippen MR) is 113 cm³/mol. The van der Waals surface area contributed by atoms with Crippen LogP contribution in [0, 0.1) is 31.1 Å². The summed E-state index contributed by atoms with van der Waals surface area (Å²) in [7, 11) is 0. The summed E-state index contributed by atoms with van der Waals surface area (Å²) < 4.78 is 2.00. The lowest BCUT2D eigenvalue weighted by Crippen LogP contribution is -2.43. The first-order valence-electron chi connectivity index (χ1n) is 10.3. The number of hydrogen-bond donors (Lipinski definition) is 2. The number of carbonyl (C=O) groups is 1. The Kier molecular flexibility index (Phi) is 6.73. The third-order valence-electron chi connectivity index (χ3n) is 5.77. The van der Waals surface area contributed by atoms with Crippen LogP contribution in [0.25, 0.3) is 5.69 Å². The van der Waals surface area contributed by atoms with Gasteiger partial charge in [0.15, 0.2) is 0 Å². The van der Waals surface area contributed by atoms with Crippen LogP contribution in [0.3, 0.4) is 0 Å². The van der Waals surface area contributed by atoms with Gasteiger partial charge in [0.05, 0.1) is 23.3 Å². The largest absolute Gasteiger partial charge is 0.390 e. The van der Waals surface area contributed by atoms with E-state index in [1.54, 1.807) is 12.1 Å². The Morgan fingerprint density at radius 3 is 2.55 bits per heavy atom. The van der Waals surface area contributed by atoms with E-state index >= 15 is 0 Å². The van der Waals surface area contributed by atoms with Crippen molar-refractivity contribution in [2.45, 2.75) is 39.7 Å². The Labute approximate surface area is 172 Å². The van der Waals surface area contributed by atoms with E-state index in [0.29, 0.717) is 17.7 Å². The minimum atomic E-state index is -0.575. The third-order valence-corrected chi connectivity index (χ3v) is 5.77. The van der Waals surface area contributed by atoms with Gasteiger partial charge < -0.3 is 19.9 Å². The molecule has 1 aromatic carbocycles. The minimum absolute atomic E-state index is 0.177. The van der Waals surface area contributed by atoms with Crippen LogP contribution in [0.2, 0.25) is 0 Å². The van der Waals surface area contributed by atoms with Crippen molar-refractivity contribution in [3.05, 3.63) is 52.8 Å². The second-order valence-electron chi connectivity index (χ2n) is 8.13. The van der Waals surface area contributed by atoms with E-state index in [1.165, 1.54) is 12.8 Å². The zero-order chi connectivity index (χ0) is 21.0. The quantitative estimate of drug-likeness (QED) is 0.789. The standard InChI is InChI=1S/C23H30N4O2/c1-16-8-10-26(11-9-16)15-21(28)14-25-23(29)22-12-17(2)27(18(22)3)20-6-4-19(13-24)5-7-20/h4-7,12,16,21,28H,8-11,14-15H2,1-3H3,(H,25,29). The molecule has 1 aliphatic heterocycles. The molecule has 6 heteroatoms. The fraction of sp³-hybridized carbons (Fsp3) is 0.478. The van der Waals surface area contributed by atoms with Crippen LogP contribution in [0.1, 0.15) is 47.1 Å². The molecule has 1 amide bonds. The molecule has 6 nitrogen and oxygen atoms in total. The van der Waals surface area contributed by atoms with Gasteiger partial charge in [-0.05, 0) is 76.0 Å². The lowest BCUT2D eigenvalue weighted by molar-refractivity contribution is 0.0795. The zero-order valence-corrected chi connectivity index (χ0v) is 17.5. The molecule has 1 atom stereocenters. The molecular formula is C23H30N4O2. The van der Waals surface area contributed by atoms with E-state index < -0.39 is 6.10 Å². The van der Waals surface area contributed by atoms with Crippen molar-refractivity contribution in [1.29, 1.82) is 5.26 Å². The monoisotopic (exact) mass is 394 g/mol. The molecule has 2 aromatic rings. The summed E-state index contributed by atoms with van der Waals surface area (Å²) >= 11 is 0. The number of β-amino-alcohol motifs (C(OH)–C–C–N with tert-alkyl or cyclic N) is 1. The topological polar surface area (TPSA) is 81.3 Å². The fourth-order valence-corrected chi connectivity index (χ4v) is 3.99. The first-order valence-corrected chi connectivity index (χ1v) is 10.3. The van der Waals surface area contributed by atoms with Crippen LogP contribution in [-0.2, 0) is 0 Å². The van der Waals surface area contributed by atoms with Crippen molar-refractivity contribution in [3.8, 4) is 11.8 Å². The average Bonchev–Trinajstić information content (AvgIpc) is 3.02. The van der Waals surface area contributed by atoms with Crippen molar-refractivity contribution < 1.29 is 9.90 Å². The van der Waals surface area contributed by atoms with Gasteiger partial charge in [0.2, 0.25) is 0 Å². The minimum Gasteiger partial charge on any atom is -0.390 e. The van der Waals surface area contributed by atoms with E-state index in [-0.39, 0.29) is 12.5 Å². The number of hydrogen-bond acceptors (Lipinski definition) is 4. The van der Waals surface area contributed by atoms with Gasteiger partial charge in [-0.3, -0.25) is 4.79 Å². The van der Waals surface area contributed by atoms with Crippen molar-refractivity contribution in [3.63, 3.8) is 0 Å². The van der Waals surface area contributed by atoms with Gasteiger partial charge >= 0.3 is 0 Å². The van der Waals surface area contributed by atoms with Crippen molar-refractivity contribution in [2.75, 3.05) is 26.2 Å². The van der Waals surface area contributed by atoms with Crippen LogP contribution in [0.4, 0.5) is 0 Å². The Bertz CT molecular complexity index is 887. The summed E-state index contributed by atoms with van der Waals surface area (Å²) in [6.45, 7) is 8.99. The number of aryl methyl sites for hydroxylation is 1. The van der Waals surface area contributed by atoms with Crippen molar-refractivity contribution in [2.24, 2.45) is 5.92 Å². The van der Waals surface area contributed by atoms with E-state index in [0.717, 1.165) is 36.1 Å². The van der Waals surface area contributed by atoms with Gasteiger partial charge in [-0.2, -0.15) is 5.26 Å². The lowest BCUT2D eigenvalue weighted by Gasteiger charge is -2.31. The molecule has 3 rings (SSSR count). The number of aromatic nitrogens is 1. The number of aliphatic hydroxyl groups is 1. The second-order valence-corrected chi connectivity index (χ2v) is 8.13. The van der Waals surface area contributed by atoms with Crippen LogP contribution >= 0.6 is 0 Å². The molecule has 29 heavy (non-hydrogen) atoms. The maximum Gasteiger partial charge on any atom is 0.253 e. The highest BCUT2D eigenvalue weighted by Crippen LogP contribution is 2.21. The maximum atomic E-state index is 12.7. The van der Waals surface area contributed by atoms with E-state index in [2.05, 4.69) is 23.2 Å². The summed E-state index contributed by atoms with van der Waals surface area (Å²) in [4.78, 5) is 15.0. The van der Waals surface area contributed by atoms with Crippen molar-refractivity contribution in [1.82, 2.24) is 14.8 Å². The fourth-order valence-electron chi connectivity index (χ4n) is 3.99. The Hall–Kier alpha value is -2.62. The number of carbonyl (C=O) groups excluding carboxylic acids is 1. The highest BCUT2D eigenvalue weighted by atomic mass is 16.3. The summed E-state index contributed by atoms with van der Waals surface area (Å²) in [6.07, 6.45) is 1.76. The molecule has 0 spiro atoms. The van der Waals surface area contributed by atoms with Gasteiger partial charge in [0.1, 0.15) is 0 Å². The normalized spacial score (nSPS) is 16.4. The van der Waals surface area contributed by atoms with Gasteiger partial charge in [0.25, 0.3) is 5.91 Å². The Morgan fingerprint density at radius 1 is 1.28 bits per heavy atom. The number of rotatable bonds is 6. The first-order chi connectivity index (χ1) is 13.9. The summed E-state index contributed by atoms with van der Waals surface area (Å²) in [5.74, 6) is 0.582. The number of likely N-dealkylation sites (tertiary alicyclic amines) is 1. The zero-order valence-electron chi connectivity index (χ0n) is 17.5. The number of nitrogens with zero attached hydrogens (tertiary/aromatic N) is 3. The number of piperidine rings is 1. The maximum absolute atomic E-state index is 12.7. The molecule has 154 valence electrons. The molecule has 0 radical (unpaired) electrons. The lowest BCUT2D eigenvalue weighted by atomic mass is 9.99. The average molecular weight is 395 g/mol. The molecule has 2 heterocycles. The first kappa shape index (κ1) is 21.1. The molecule has 0 bridgehead atoms. The van der Waals surface area contributed by atoms with Crippen LogP contribution in [0.5, 0.6) is 0 Å². The van der Waals surface area contributed by atoms with Gasteiger partial charge in [-0.1, -0.05) is 6.92 Å². The summed E-state index contributed by atoms with van der Waals surface area (Å²) in [6, 6.07) is 11.3. The molecule has 1 fully saturated rings. The molecule has 1 aromatic heterocycles. The predicted octanol–water partition coefficient (Wildman–Crippen LogP) is 2.79. The third kappa shape index (κ3) is 5.06. The van der Waals surface area contributed by atoms with E-state index in [9.17, 15) is 9.90 Å². The number of aliphatic hydroxyl groups excluding tert-OH is 1. The van der Waals surface area contributed by atoms with Crippen LogP contribution < -0.4 is 5.32 Å². The highest BCUT2D eigenvalue weighted by molar-refractivity contribution is 5.95. The van der Waals surface area contributed by atoms with Gasteiger partial charge in [-0.15, -0.1) is 0 Å². The smallest absolute Gasteiger partial charge is 0.253 e. The van der Waals surface area contributed by atoms with E-state index in [1.807, 2.05) is 36.6 Å². The Morgan fingerprint density at radius 2 is 1.93 bits per heavy atom. The number of nitriles is 1. The highest BCUT2D eigenvalue weighted by Gasteiger charge is 2.20. The van der Waals surface area contributed by atoms with Crippen LogP contribution in [-0.4, -0.2) is 52.8 Å². The van der Waals surface area contributed by atoms with Gasteiger partial charge in [-0.25, -0.2) is 0 Å². The number of nitrogens with one attached hydrogen (secondary N) is 1. The molecular weight excluding hydrogens is 364 g/mol. The number of amides is 1. The molecule has 2 N–H and O–H groups in total. The SMILES string of the molecule is Cc1cc(C(=O)NCC(O)CN2CCC(C)CC2)c(C)n1-c1ccc(C#N)cc1. The molecule has 0 aliphatic carbocycles. The number of benzene rings is 1. The molecule has 1 aliphatic rings. The van der Waals surface area contributed by atoms with Crippen molar-refractivity contribution >= 4 is 5.91 Å². The summed E-state index contributed by atoms with van der Waals surface area (Å²) in [5, 5.41) is 22.2. The Balaban J connectivity index is 1.61. The van der Waals surface area contributed by atoms with Crippen LogP contribution in [0.15, 0.2) is 30.3 Å². The summed E-state index contributed by atoms with van der Waals surface area (Å²) in [5.41, 5.74) is 3.90.